The molecule has 0 radical (unpaired) electrons. The van der Waals surface area contributed by atoms with Gasteiger partial charge >= 0.3 is 5.97 Å². The number of alkyl halides is 1. The third-order valence-corrected chi connectivity index (χ3v) is 3.80. The number of halogens is 1. The zero-order valence-corrected chi connectivity index (χ0v) is 13.6. The van der Waals surface area contributed by atoms with Crippen molar-refractivity contribution in [3.63, 3.8) is 0 Å². The van der Waals surface area contributed by atoms with Crippen LogP contribution in [0.2, 0.25) is 0 Å². The molecule has 2 rings (SSSR count). The minimum Gasteiger partial charge on any atom is -0.468 e. The van der Waals surface area contributed by atoms with E-state index in [1.165, 1.54) is 7.11 Å². The van der Waals surface area contributed by atoms with Crippen molar-refractivity contribution in [3.05, 3.63) is 71.8 Å². The molecule has 24 heavy (non-hydrogen) atoms. The highest BCUT2D eigenvalue weighted by atomic mass is 19.1. The molecular weight excluding hydrogens is 309 g/mol. The molecule has 0 saturated carbocycles. The van der Waals surface area contributed by atoms with Crippen molar-refractivity contribution in [3.8, 4) is 0 Å². The molecule has 0 spiro atoms. The van der Waals surface area contributed by atoms with Crippen LogP contribution in [0, 0.1) is 0 Å². The van der Waals surface area contributed by atoms with Gasteiger partial charge in [0.25, 0.3) is 0 Å². The number of aliphatic hydroxyl groups is 1. The van der Waals surface area contributed by atoms with Crippen molar-refractivity contribution in [1.29, 1.82) is 0 Å². The molecular formula is C19H22FNO3. The molecule has 0 fully saturated rings. The van der Waals surface area contributed by atoms with E-state index < -0.39 is 24.3 Å². The Morgan fingerprint density at radius 1 is 1.12 bits per heavy atom. The van der Waals surface area contributed by atoms with Crippen molar-refractivity contribution < 1.29 is 19.0 Å². The van der Waals surface area contributed by atoms with E-state index in [0.717, 1.165) is 5.56 Å². The summed E-state index contributed by atoms with van der Waals surface area (Å²) in [6.07, 6.45) is -2.37. The van der Waals surface area contributed by atoms with E-state index in [4.69, 9.17) is 4.74 Å². The Bertz CT molecular complexity index is 621. The zero-order valence-electron chi connectivity index (χ0n) is 13.6. The fourth-order valence-electron chi connectivity index (χ4n) is 2.46. The van der Waals surface area contributed by atoms with E-state index in [2.05, 4.69) is 5.32 Å². The lowest BCUT2D eigenvalue weighted by atomic mass is 10.0. The third-order valence-electron chi connectivity index (χ3n) is 3.80. The van der Waals surface area contributed by atoms with Gasteiger partial charge in [0.05, 0.1) is 7.11 Å². The molecule has 2 aromatic rings. The number of carbonyl (C=O) groups is 1. The van der Waals surface area contributed by atoms with Crippen LogP contribution in [0.5, 0.6) is 0 Å². The number of esters is 1. The van der Waals surface area contributed by atoms with Crippen LogP contribution in [0.15, 0.2) is 60.7 Å². The van der Waals surface area contributed by atoms with Crippen LogP contribution in [-0.4, -0.2) is 36.9 Å². The molecule has 4 nitrogen and oxygen atoms in total. The van der Waals surface area contributed by atoms with Crippen molar-refractivity contribution in [2.75, 3.05) is 13.7 Å². The van der Waals surface area contributed by atoms with Crippen LogP contribution in [-0.2, 0) is 16.0 Å². The standard InChI is InChI=1S/C19H22FNO3/c1-24-19(23)16(12-14-8-4-2-5-9-14)21-13-17(22)18(20)15-10-6-3-7-11-15/h2-11,16-18,21-22H,12-13H2,1H3/t16-,17+,18-/m1/s1. The van der Waals surface area contributed by atoms with E-state index in [9.17, 15) is 14.3 Å². The summed E-state index contributed by atoms with van der Waals surface area (Å²) in [6.45, 7) is -0.0529. The van der Waals surface area contributed by atoms with Gasteiger partial charge in [0.15, 0.2) is 6.17 Å². The van der Waals surface area contributed by atoms with Gasteiger partial charge in [-0.2, -0.15) is 0 Å². The lowest BCUT2D eigenvalue weighted by Gasteiger charge is -2.21. The molecule has 3 atom stereocenters. The average molecular weight is 331 g/mol. The van der Waals surface area contributed by atoms with Gasteiger partial charge in [0.2, 0.25) is 0 Å². The molecule has 0 unspecified atom stereocenters. The van der Waals surface area contributed by atoms with Crippen LogP contribution in [0.4, 0.5) is 4.39 Å². The quantitative estimate of drug-likeness (QED) is 0.730. The first-order valence-electron chi connectivity index (χ1n) is 7.84. The molecule has 128 valence electrons. The highest BCUT2D eigenvalue weighted by Gasteiger charge is 2.24. The van der Waals surface area contributed by atoms with E-state index in [1.807, 2.05) is 30.3 Å². The molecule has 0 aliphatic carbocycles. The first kappa shape index (κ1) is 18.1. The van der Waals surface area contributed by atoms with Crippen LogP contribution in [0.25, 0.3) is 0 Å². The fourth-order valence-corrected chi connectivity index (χ4v) is 2.46. The van der Waals surface area contributed by atoms with Crippen LogP contribution < -0.4 is 5.32 Å². The molecule has 5 heteroatoms. The smallest absolute Gasteiger partial charge is 0.323 e. The maximum Gasteiger partial charge on any atom is 0.323 e. The second-order valence-electron chi connectivity index (χ2n) is 5.55. The minimum atomic E-state index is -1.52. The molecule has 0 aliphatic heterocycles. The summed E-state index contributed by atoms with van der Waals surface area (Å²) >= 11 is 0. The number of hydrogen-bond acceptors (Lipinski definition) is 4. The number of carbonyl (C=O) groups excluding carboxylic acids is 1. The zero-order chi connectivity index (χ0) is 17.4. The number of rotatable bonds is 8. The maximum atomic E-state index is 14.3. The molecule has 2 aromatic carbocycles. The summed E-state index contributed by atoms with van der Waals surface area (Å²) in [4.78, 5) is 11.9. The highest BCUT2D eigenvalue weighted by Crippen LogP contribution is 2.20. The monoisotopic (exact) mass is 331 g/mol. The molecule has 0 bridgehead atoms. The number of methoxy groups -OCH3 is 1. The predicted molar refractivity (Wildman–Crippen MR) is 90.3 cm³/mol. The Hall–Kier alpha value is -2.24. The summed E-state index contributed by atoms with van der Waals surface area (Å²) in [5.41, 5.74) is 1.36. The second-order valence-corrected chi connectivity index (χ2v) is 5.55. The SMILES string of the molecule is COC(=O)[C@@H](Cc1ccccc1)NC[C@H](O)[C@H](F)c1ccccc1. The van der Waals surface area contributed by atoms with Gasteiger partial charge < -0.3 is 15.2 Å². The molecule has 0 aliphatic rings. The summed E-state index contributed by atoms with van der Waals surface area (Å²) < 4.78 is 19.1. The van der Waals surface area contributed by atoms with Gasteiger partial charge in [-0.1, -0.05) is 60.7 Å². The molecule has 0 heterocycles. The Balaban J connectivity index is 1.95. The van der Waals surface area contributed by atoms with Crippen LogP contribution >= 0.6 is 0 Å². The number of hydrogen-bond donors (Lipinski definition) is 2. The summed E-state index contributed by atoms with van der Waals surface area (Å²) in [6, 6.07) is 17.3. The molecule has 2 N–H and O–H groups in total. The van der Waals surface area contributed by atoms with Crippen molar-refractivity contribution in [2.45, 2.75) is 24.7 Å². The van der Waals surface area contributed by atoms with Gasteiger partial charge in [-0.05, 0) is 17.5 Å². The lowest BCUT2D eigenvalue weighted by Crippen LogP contribution is -2.44. The van der Waals surface area contributed by atoms with Crippen molar-refractivity contribution in [2.24, 2.45) is 0 Å². The summed E-state index contributed by atoms with van der Waals surface area (Å²) in [7, 11) is 1.31. The first-order valence-corrected chi connectivity index (χ1v) is 7.84. The lowest BCUT2D eigenvalue weighted by molar-refractivity contribution is -0.143. The Labute approximate surface area is 141 Å². The van der Waals surface area contributed by atoms with Gasteiger partial charge in [-0.25, -0.2) is 4.39 Å². The van der Waals surface area contributed by atoms with E-state index in [-0.39, 0.29) is 6.54 Å². The minimum absolute atomic E-state index is 0.0529. The third kappa shape index (κ3) is 5.15. The summed E-state index contributed by atoms with van der Waals surface area (Å²) in [5.74, 6) is -0.443. The normalized spacial score (nSPS) is 14.6. The molecule has 0 aromatic heterocycles. The average Bonchev–Trinajstić information content (AvgIpc) is 2.65. The highest BCUT2D eigenvalue weighted by molar-refractivity contribution is 5.76. The molecule has 0 saturated heterocycles. The first-order chi connectivity index (χ1) is 11.6. The van der Waals surface area contributed by atoms with Gasteiger partial charge in [0, 0.05) is 6.54 Å². The Morgan fingerprint density at radius 3 is 2.29 bits per heavy atom. The van der Waals surface area contributed by atoms with Crippen molar-refractivity contribution in [1.82, 2.24) is 5.32 Å². The number of ether oxygens (including phenoxy) is 1. The number of aliphatic hydroxyl groups excluding tert-OH is 1. The largest absolute Gasteiger partial charge is 0.468 e. The van der Waals surface area contributed by atoms with Gasteiger partial charge in [0.1, 0.15) is 12.1 Å². The van der Waals surface area contributed by atoms with E-state index in [0.29, 0.717) is 12.0 Å². The number of benzene rings is 2. The van der Waals surface area contributed by atoms with E-state index >= 15 is 0 Å². The molecule has 0 amide bonds. The van der Waals surface area contributed by atoms with Crippen molar-refractivity contribution >= 4 is 5.97 Å². The summed E-state index contributed by atoms with van der Waals surface area (Å²) in [5, 5.41) is 13.0. The van der Waals surface area contributed by atoms with Crippen LogP contribution in [0.3, 0.4) is 0 Å². The fraction of sp³-hybridized carbons (Fsp3) is 0.316. The Morgan fingerprint density at radius 2 is 1.71 bits per heavy atom. The van der Waals surface area contributed by atoms with Gasteiger partial charge in [-0.3, -0.25) is 4.79 Å². The number of nitrogens with one attached hydrogen (secondary N) is 1. The Kier molecular flexibility index (Phi) is 6.90. The predicted octanol–water partition coefficient (Wildman–Crippen LogP) is 2.43. The van der Waals surface area contributed by atoms with Gasteiger partial charge in [-0.15, -0.1) is 0 Å². The van der Waals surface area contributed by atoms with E-state index in [1.54, 1.807) is 30.3 Å². The van der Waals surface area contributed by atoms with Crippen LogP contribution in [0.1, 0.15) is 17.3 Å². The second kappa shape index (κ2) is 9.15. The maximum absolute atomic E-state index is 14.3. The topological polar surface area (TPSA) is 58.6 Å².